The maximum absolute atomic E-state index is 12.7. The molecule has 0 unspecified atom stereocenters. The summed E-state index contributed by atoms with van der Waals surface area (Å²) in [5.41, 5.74) is 1.41. The van der Waals surface area contributed by atoms with Crippen LogP contribution in [0.3, 0.4) is 0 Å². The SMILES string of the molecule is CC(C)c1cc(C(=O)N2CCN(Cc3nc4ccccc4c(=O)[nH]3)CC2)cs1. The van der Waals surface area contributed by atoms with E-state index in [4.69, 9.17) is 0 Å². The van der Waals surface area contributed by atoms with E-state index < -0.39 is 0 Å². The van der Waals surface area contributed by atoms with Gasteiger partial charge in [0.25, 0.3) is 11.5 Å². The molecule has 0 spiro atoms. The van der Waals surface area contributed by atoms with Crippen molar-refractivity contribution in [3.05, 3.63) is 62.3 Å². The molecule has 1 aromatic carbocycles. The van der Waals surface area contributed by atoms with Crippen molar-refractivity contribution >= 4 is 28.1 Å². The van der Waals surface area contributed by atoms with E-state index in [1.165, 1.54) is 4.88 Å². The average Bonchev–Trinajstić information content (AvgIpc) is 3.19. The number of aromatic nitrogens is 2. The minimum atomic E-state index is -0.104. The van der Waals surface area contributed by atoms with E-state index in [1.807, 2.05) is 34.5 Å². The van der Waals surface area contributed by atoms with E-state index in [-0.39, 0.29) is 11.5 Å². The highest BCUT2D eigenvalue weighted by atomic mass is 32.1. The molecule has 3 aromatic rings. The summed E-state index contributed by atoms with van der Waals surface area (Å²) in [6, 6.07) is 9.39. The highest BCUT2D eigenvalue weighted by Gasteiger charge is 2.23. The first-order chi connectivity index (χ1) is 13.5. The number of thiophene rings is 1. The third-order valence-electron chi connectivity index (χ3n) is 5.13. The number of aromatic amines is 1. The lowest BCUT2D eigenvalue weighted by Gasteiger charge is -2.34. The number of carbonyl (C=O) groups excluding carboxylic acids is 1. The molecule has 28 heavy (non-hydrogen) atoms. The Balaban J connectivity index is 1.39. The summed E-state index contributed by atoms with van der Waals surface area (Å²) in [5, 5.41) is 2.58. The smallest absolute Gasteiger partial charge is 0.258 e. The van der Waals surface area contributed by atoms with Crippen LogP contribution in [-0.2, 0) is 6.54 Å². The van der Waals surface area contributed by atoms with E-state index in [2.05, 4.69) is 28.7 Å². The van der Waals surface area contributed by atoms with Crippen molar-refractivity contribution in [1.29, 1.82) is 0 Å². The summed E-state index contributed by atoms with van der Waals surface area (Å²) in [6.45, 7) is 7.77. The molecule has 0 atom stereocenters. The molecule has 0 bridgehead atoms. The number of fused-ring (bicyclic) bond motifs is 1. The van der Waals surface area contributed by atoms with Crippen LogP contribution in [0, 0.1) is 0 Å². The Morgan fingerprint density at radius 3 is 2.68 bits per heavy atom. The third-order valence-corrected chi connectivity index (χ3v) is 6.36. The topological polar surface area (TPSA) is 69.3 Å². The Bertz CT molecular complexity index is 1050. The number of hydrogen-bond acceptors (Lipinski definition) is 5. The second-order valence-corrected chi connectivity index (χ2v) is 8.43. The Labute approximate surface area is 167 Å². The summed E-state index contributed by atoms with van der Waals surface area (Å²) in [5.74, 6) is 1.22. The third kappa shape index (κ3) is 3.86. The second-order valence-electron chi connectivity index (χ2n) is 7.49. The molecule has 0 radical (unpaired) electrons. The second kappa shape index (κ2) is 7.85. The van der Waals surface area contributed by atoms with Gasteiger partial charge in [0.1, 0.15) is 5.82 Å². The molecule has 0 aliphatic carbocycles. The highest BCUT2D eigenvalue weighted by molar-refractivity contribution is 7.10. The minimum absolute atomic E-state index is 0.104. The maximum atomic E-state index is 12.7. The Kier molecular flexibility index (Phi) is 5.28. The average molecular weight is 397 g/mol. The van der Waals surface area contributed by atoms with Crippen LogP contribution < -0.4 is 5.56 Å². The number of nitrogens with one attached hydrogen (secondary N) is 1. The van der Waals surface area contributed by atoms with Crippen LogP contribution >= 0.6 is 11.3 Å². The molecule has 1 saturated heterocycles. The van der Waals surface area contributed by atoms with Crippen molar-refractivity contribution in [2.45, 2.75) is 26.3 Å². The monoisotopic (exact) mass is 396 g/mol. The fourth-order valence-electron chi connectivity index (χ4n) is 3.48. The predicted octanol–water partition coefficient (Wildman–Crippen LogP) is 3.07. The van der Waals surface area contributed by atoms with Gasteiger partial charge in [-0.15, -0.1) is 11.3 Å². The van der Waals surface area contributed by atoms with Gasteiger partial charge in [-0.3, -0.25) is 14.5 Å². The molecular weight excluding hydrogens is 372 g/mol. The summed E-state index contributed by atoms with van der Waals surface area (Å²) >= 11 is 1.65. The minimum Gasteiger partial charge on any atom is -0.336 e. The lowest BCUT2D eigenvalue weighted by Crippen LogP contribution is -2.48. The number of carbonyl (C=O) groups is 1. The standard InChI is InChI=1S/C21H24N4O2S/c1-14(2)18-11-15(13-28-18)21(27)25-9-7-24(8-10-25)12-19-22-17-6-4-3-5-16(17)20(26)23-19/h3-6,11,13-14H,7-10,12H2,1-2H3,(H,22,23,26). The van der Waals surface area contributed by atoms with Crippen LogP contribution in [0.15, 0.2) is 40.5 Å². The number of H-pyrrole nitrogens is 1. The summed E-state index contributed by atoms with van der Waals surface area (Å²) in [6.07, 6.45) is 0. The normalized spacial score (nSPS) is 15.5. The largest absolute Gasteiger partial charge is 0.336 e. The Morgan fingerprint density at radius 2 is 1.96 bits per heavy atom. The van der Waals surface area contributed by atoms with Gasteiger partial charge in [-0.25, -0.2) is 4.98 Å². The zero-order valence-electron chi connectivity index (χ0n) is 16.1. The van der Waals surface area contributed by atoms with Crippen LogP contribution in [0.25, 0.3) is 10.9 Å². The van der Waals surface area contributed by atoms with Crippen molar-refractivity contribution in [2.24, 2.45) is 0 Å². The van der Waals surface area contributed by atoms with Gasteiger partial charge in [-0.1, -0.05) is 26.0 Å². The maximum Gasteiger partial charge on any atom is 0.258 e. The van der Waals surface area contributed by atoms with Crippen molar-refractivity contribution in [2.75, 3.05) is 26.2 Å². The van der Waals surface area contributed by atoms with Gasteiger partial charge in [0.2, 0.25) is 0 Å². The number of piperazine rings is 1. The molecular formula is C21H24N4O2S. The number of para-hydroxylation sites is 1. The van der Waals surface area contributed by atoms with Crippen molar-refractivity contribution in [3.8, 4) is 0 Å². The first-order valence-corrected chi connectivity index (χ1v) is 10.5. The molecule has 6 nitrogen and oxygen atoms in total. The van der Waals surface area contributed by atoms with Crippen molar-refractivity contribution in [1.82, 2.24) is 19.8 Å². The number of rotatable bonds is 4. The molecule has 4 rings (SSSR count). The van der Waals surface area contributed by atoms with Crippen LogP contribution in [-0.4, -0.2) is 51.9 Å². The van der Waals surface area contributed by atoms with Crippen LogP contribution in [0.4, 0.5) is 0 Å². The van der Waals surface area contributed by atoms with Crippen LogP contribution in [0.1, 0.15) is 40.8 Å². The molecule has 1 aliphatic rings. The number of benzene rings is 1. The molecule has 1 aliphatic heterocycles. The van der Waals surface area contributed by atoms with E-state index in [1.54, 1.807) is 17.4 Å². The van der Waals surface area contributed by atoms with Crippen molar-refractivity contribution < 1.29 is 4.79 Å². The van der Waals surface area contributed by atoms with Gasteiger partial charge in [-0.2, -0.15) is 0 Å². The van der Waals surface area contributed by atoms with Gasteiger partial charge in [0.15, 0.2) is 0 Å². The number of amides is 1. The fourth-order valence-corrected chi connectivity index (χ4v) is 4.38. The van der Waals surface area contributed by atoms with E-state index in [0.29, 0.717) is 42.3 Å². The van der Waals surface area contributed by atoms with Gasteiger partial charge in [-0.05, 0) is 24.1 Å². The first-order valence-electron chi connectivity index (χ1n) is 9.59. The van der Waals surface area contributed by atoms with Gasteiger partial charge in [0.05, 0.1) is 23.0 Å². The fraction of sp³-hybridized carbons (Fsp3) is 0.381. The number of nitrogens with zero attached hydrogens (tertiary/aromatic N) is 3. The lowest BCUT2D eigenvalue weighted by molar-refractivity contribution is 0.0626. The molecule has 0 saturated carbocycles. The van der Waals surface area contributed by atoms with Gasteiger partial charge >= 0.3 is 0 Å². The zero-order valence-corrected chi connectivity index (χ0v) is 17.0. The van der Waals surface area contributed by atoms with Crippen molar-refractivity contribution in [3.63, 3.8) is 0 Å². The first kappa shape index (κ1) is 18.8. The molecule has 2 aromatic heterocycles. The molecule has 1 N–H and O–H groups in total. The Morgan fingerprint density at radius 1 is 1.21 bits per heavy atom. The van der Waals surface area contributed by atoms with Crippen LogP contribution in [0.5, 0.6) is 0 Å². The molecule has 146 valence electrons. The predicted molar refractivity (Wildman–Crippen MR) is 112 cm³/mol. The lowest BCUT2D eigenvalue weighted by atomic mass is 10.1. The van der Waals surface area contributed by atoms with Crippen LogP contribution in [0.2, 0.25) is 0 Å². The summed E-state index contributed by atoms with van der Waals surface area (Å²) < 4.78 is 0. The van der Waals surface area contributed by atoms with E-state index >= 15 is 0 Å². The molecule has 1 amide bonds. The number of hydrogen-bond donors (Lipinski definition) is 1. The quantitative estimate of drug-likeness (QED) is 0.736. The molecule has 3 heterocycles. The molecule has 7 heteroatoms. The van der Waals surface area contributed by atoms with E-state index in [9.17, 15) is 9.59 Å². The Hall–Kier alpha value is -2.51. The summed E-state index contributed by atoms with van der Waals surface area (Å²) in [4.78, 5) is 37.8. The van der Waals surface area contributed by atoms with Gasteiger partial charge < -0.3 is 9.88 Å². The van der Waals surface area contributed by atoms with Gasteiger partial charge in [0, 0.05) is 36.4 Å². The zero-order chi connectivity index (χ0) is 19.7. The highest BCUT2D eigenvalue weighted by Crippen LogP contribution is 2.24. The molecule has 1 fully saturated rings. The summed E-state index contributed by atoms with van der Waals surface area (Å²) in [7, 11) is 0. The van der Waals surface area contributed by atoms with E-state index in [0.717, 1.165) is 18.7 Å².